The average Bonchev–Trinajstić information content (AvgIpc) is 2.41. The van der Waals surface area contributed by atoms with Gasteiger partial charge in [0.2, 0.25) is 5.91 Å². The molecule has 0 saturated heterocycles. The minimum Gasteiger partial charge on any atom is -0.356 e. The molecule has 0 fully saturated rings. The van der Waals surface area contributed by atoms with Crippen molar-refractivity contribution in [1.29, 1.82) is 0 Å². The van der Waals surface area contributed by atoms with Gasteiger partial charge in [0.1, 0.15) is 0 Å². The smallest absolute Gasteiger partial charge is 0.226 e. The molecule has 5 nitrogen and oxygen atoms in total. The van der Waals surface area contributed by atoms with E-state index in [0.717, 1.165) is 31.2 Å². The summed E-state index contributed by atoms with van der Waals surface area (Å²) >= 11 is 0. The van der Waals surface area contributed by atoms with E-state index in [9.17, 15) is 4.79 Å². The van der Waals surface area contributed by atoms with Crippen LogP contribution in [-0.4, -0.2) is 31.5 Å². The average molecular weight is 374 g/mol. The van der Waals surface area contributed by atoms with E-state index in [4.69, 9.17) is 0 Å². The Morgan fingerprint density at radius 3 is 2.79 bits per heavy atom. The second kappa shape index (κ2) is 8.73. The third kappa shape index (κ3) is 5.91. The topological polar surface area (TPSA) is 65.5 Å². The molecule has 0 atom stereocenters. The lowest BCUT2D eigenvalue weighted by Crippen LogP contribution is -2.41. The van der Waals surface area contributed by atoms with Crippen LogP contribution in [0, 0.1) is 0 Å². The van der Waals surface area contributed by atoms with E-state index in [1.165, 1.54) is 0 Å². The van der Waals surface area contributed by atoms with E-state index < -0.39 is 0 Å². The van der Waals surface area contributed by atoms with E-state index in [0.29, 0.717) is 13.0 Å². The van der Waals surface area contributed by atoms with Crippen LogP contribution in [0.5, 0.6) is 0 Å². The molecule has 1 aliphatic heterocycles. The molecule has 1 aromatic rings. The van der Waals surface area contributed by atoms with Gasteiger partial charge in [0.25, 0.3) is 0 Å². The Kier molecular flexibility index (Phi) is 7.24. The number of carbonyl (C=O) groups is 1. The van der Waals surface area contributed by atoms with Crippen LogP contribution in [0.4, 0.5) is 5.69 Å². The van der Waals surface area contributed by atoms with Crippen LogP contribution in [-0.2, 0) is 4.79 Å². The quantitative estimate of drug-likeness (QED) is 0.702. The maximum Gasteiger partial charge on any atom is 0.226 e. The molecule has 0 bridgehead atoms. The number of guanidine groups is 1. The van der Waals surface area contributed by atoms with Gasteiger partial charge in [-0.3, -0.25) is 9.79 Å². The molecule has 0 radical (unpaired) electrons. The zero-order valence-electron chi connectivity index (χ0n) is 10.7. The fraction of sp³-hybridized carbons (Fsp3) is 0.385. The first-order valence-corrected chi connectivity index (χ1v) is 6.22. The Morgan fingerprint density at radius 2 is 2.11 bits per heavy atom. The van der Waals surface area contributed by atoms with Gasteiger partial charge < -0.3 is 16.0 Å². The van der Waals surface area contributed by atoms with Crippen molar-refractivity contribution in [3.63, 3.8) is 0 Å². The van der Waals surface area contributed by atoms with E-state index in [-0.39, 0.29) is 29.9 Å². The van der Waals surface area contributed by atoms with Crippen molar-refractivity contribution < 1.29 is 4.79 Å². The van der Waals surface area contributed by atoms with Gasteiger partial charge in [-0.25, -0.2) is 0 Å². The number of anilines is 1. The lowest BCUT2D eigenvalue weighted by atomic mass is 10.3. The van der Waals surface area contributed by atoms with Crippen LogP contribution < -0.4 is 16.0 Å². The van der Waals surface area contributed by atoms with Crippen LogP contribution in [0.15, 0.2) is 35.3 Å². The van der Waals surface area contributed by atoms with Crippen LogP contribution in [0.2, 0.25) is 0 Å². The second-order valence-corrected chi connectivity index (χ2v) is 4.10. The molecule has 1 aromatic carbocycles. The number of nitrogens with one attached hydrogen (secondary N) is 3. The first-order valence-electron chi connectivity index (χ1n) is 6.22. The van der Waals surface area contributed by atoms with Crippen molar-refractivity contribution in [2.24, 2.45) is 4.99 Å². The van der Waals surface area contributed by atoms with Crippen LogP contribution in [0.1, 0.15) is 12.8 Å². The van der Waals surface area contributed by atoms with Gasteiger partial charge in [-0.15, -0.1) is 24.0 Å². The Bertz CT molecular complexity index is 422. The summed E-state index contributed by atoms with van der Waals surface area (Å²) in [7, 11) is 0. The molecule has 1 amide bonds. The van der Waals surface area contributed by atoms with Gasteiger partial charge >= 0.3 is 0 Å². The molecule has 0 unspecified atom stereocenters. The summed E-state index contributed by atoms with van der Waals surface area (Å²) in [6.45, 7) is 2.39. The summed E-state index contributed by atoms with van der Waals surface area (Å²) in [6.07, 6.45) is 1.50. The number of nitrogens with zero attached hydrogens (tertiary/aromatic N) is 1. The number of rotatable bonds is 4. The predicted molar refractivity (Wildman–Crippen MR) is 88.0 cm³/mol. The fourth-order valence-electron chi connectivity index (χ4n) is 1.69. The highest BCUT2D eigenvalue weighted by atomic mass is 127. The molecule has 0 aromatic heterocycles. The molecule has 104 valence electrons. The molecule has 1 heterocycles. The molecule has 0 aliphatic carbocycles. The molecule has 1 aliphatic rings. The maximum absolute atomic E-state index is 11.6. The van der Waals surface area contributed by atoms with Crippen LogP contribution in [0.3, 0.4) is 0 Å². The molecule has 19 heavy (non-hydrogen) atoms. The van der Waals surface area contributed by atoms with E-state index in [2.05, 4.69) is 20.9 Å². The minimum absolute atomic E-state index is 0. The van der Waals surface area contributed by atoms with Crippen LogP contribution >= 0.6 is 24.0 Å². The summed E-state index contributed by atoms with van der Waals surface area (Å²) in [5, 5.41) is 9.11. The largest absolute Gasteiger partial charge is 0.356 e. The number of amides is 1. The number of para-hydroxylation sites is 1. The number of benzene rings is 1. The Labute approximate surface area is 130 Å². The summed E-state index contributed by atoms with van der Waals surface area (Å²) in [5.74, 6) is 0.805. The van der Waals surface area contributed by atoms with E-state index >= 15 is 0 Å². The zero-order valence-corrected chi connectivity index (χ0v) is 13.0. The summed E-state index contributed by atoms with van der Waals surface area (Å²) < 4.78 is 0. The Balaban J connectivity index is 0.00000180. The summed E-state index contributed by atoms with van der Waals surface area (Å²) in [5.41, 5.74) is 0.829. The third-order valence-electron chi connectivity index (χ3n) is 2.60. The van der Waals surface area contributed by atoms with E-state index in [1.807, 2.05) is 30.3 Å². The first kappa shape index (κ1) is 15.7. The van der Waals surface area contributed by atoms with Crippen LogP contribution in [0.25, 0.3) is 0 Å². The number of hydrogen-bond acceptors (Lipinski definition) is 4. The minimum atomic E-state index is 0. The van der Waals surface area contributed by atoms with Gasteiger partial charge in [0.15, 0.2) is 5.96 Å². The SMILES string of the molecule is I.O=C(CCNC1=NCCCN1)Nc1ccccc1. The van der Waals surface area contributed by atoms with Gasteiger partial charge in [-0.05, 0) is 18.6 Å². The molecule has 2 rings (SSSR count). The van der Waals surface area contributed by atoms with Crippen molar-refractivity contribution in [2.45, 2.75) is 12.8 Å². The van der Waals surface area contributed by atoms with Crippen molar-refractivity contribution in [3.8, 4) is 0 Å². The van der Waals surface area contributed by atoms with Crippen molar-refractivity contribution >= 4 is 41.5 Å². The first-order chi connectivity index (χ1) is 8.84. The molecule has 0 saturated carbocycles. The zero-order chi connectivity index (χ0) is 12.6. The Morgan fingerprint density at radius 1 is 1.32 bits per heavy atom. The molecular formula is C13H19IN4O. The molecular weight excluding hydrogens is 355 g/mol. The van der Waals surface area contributed by atoms with Crippen molar-refractivity contribution in [3.05, 3.63) is 30.3 Å². The van der Waals surface area contributed by atoms with Crippen molar-refractivity contribution in [2.75, 3.05) is 25.0 Å². The monoisotopic (exact) mass is 374 g/mol. The highest BCUT2D eigenvalue weighted by molar-refractivity contribution is 14.0. The van der Waals surface area contributed by atoms with Gasteiger partial charge in [-0.2, -0.15) is 0 Å². The lowest BCUT2D eigenvalue weighted by Gasteiger charge is -2.15. The third-order valence-corrected chi connectivity index (χ3v) is 2.60. The fourth-order valence-corrected chi connectivity index (χ4v) is 1.69. The van der Waals surface area contributed by atoms with Gasteiger partial charge in [-0.1, -0.05) is 18.2 Å². The second-order valence-electron chi connectivity index (χ2n) is 4.10. The summed E-state index contributed by atoms with van der Waals surface area (Å²) in [4.78, 5) is 15.9. The number of halogens is 1. The van der Waals surface area contributed by atoms with E-state index in [1.54, 1.807) is 0 Å². The number of aliphatic imine (C=N–C) groups is 1. The molecule has 6 heteroatoms. The molecule has 0 spiro atoms. The van der Waals surface area contributed by atoms with Gasteiger partial charge in [0.05, 0.1) is 0 Å². The predicted octanol–water partition coefficient (Wildman–Crippen LogP) is 1.57. The highest BCUT2D eigenvalue weighted by Crippen LogP contribution is 2.04. The summed E-state index contributed by atoms with van der Waals surface area (Å²) in [6, 6.07) is 9.46. The lowest BCUT2D eigenvalue weighted by molar-refractivity contribution is -0.116. The Hall–Kier alpha value is -1.31. The molecule has 3 N–H and O–H groups in total. The number of carbonyl (C=O) groups excluding carboxylic acids is 1. The maximum atomic E-state index is 11.6. The van der Waals surface area contributed by atoms with Crippen molar-refractivity contribution in [1.82, 2.24) is 10.6 Å². The highest BCUT2D eigenvalue weighted by Gasteiger charge is 2.05. The number of hydrogen-bond donors (Lipinski definition) is 3. The van der Waals surface area contributed by atoms with Gasteiger partial charge in [0, 0.05) is 31.7 Å². The normalized spacial score (nSPS) is 13.6. The standard InChI is InChI=1S/C13H18N4O.HI/c18-12(17-11-5-2-1-3-6-11)7-10-16-13-14-8-4-9-15-13;/h1-3,5-6H,4,7-10H2,(H,17,18)(H2,14,15,16);1H.